The summed E-state index contributed by atoms with van der Waals surface area (Å²) in [7, 11) is 0. The van der Waals surface area contributed by atoms with Gasteiger partial charge in [0.2, 0.25) is 0 Å². The van der Waals surface area contributed by atoms with Crippen molar-refractivity contribution in [1.29, 1.82) is 0 Å². The third-order valence-electron chi connectivity index (χ3n) is 1.63. The summed E-state index contributed by atoms with van der Waals surface area (Å²) in [4.78, 5) is 0. The van der Waals surface area contributed by atoms with Crippen LogP contribution in [0.3, 0.4) is 0 Å². The summed E-state index contributed by atoms with van der Waals surface area (Å²) in [6.07, 6.45) is -9.67. The molecule has 0 aliphatic heterocycles. The van der Waals surface area contributed by atoms with Crippen LogP contribution >= 0.6 is 0 Å². The molecule has 0 heterocycles. The first-order valence-corrected chi connectivity index (χ1v) is 8.58. The van der Waals surface area contributed by atoms with Crippen LogP contribution in [0.4, 0.5) is 26.3 Å². The van der Waals surface area contributed by atoms with Gasteiger partial charge in [-0.25, -0.2) is 0 Å². The quantitative estimate of drug-likeness (QED) is 0.386. The predicted octanol–water partition coefficient (Wildman–Crippen LogP) is 4.21. The number of alkyl halides is 6. The molecule has 15 heavy (non-hydrogen) atoms. The Labute approximate surface area is 94.6 Å². The van der Waals surface area contributed by atoms with Crippen molar-refractivity contribution in [3.05, 3.63) is 0 Å². The minimum absolute atomic E-state index is 0.0850. The van der Waals surface area contributed by atoms with E-state index in [0.717, 1.165) is 0 Å². The second kappa shape index (κ2) is 6.85. The van der Waals surface area contributed by atoms with E-state index in [0.29, 0.717) is 8.87 Å². The fraction of sp³-hybridized carbons (Fsp3) is 1.00. The topological polar surface area (TPSA) is 0 Å². The average Bonchev–Trinajstić information content (AvgIpc) is 1.98. The van der Waals surface area contributed by atoms with E-state index >= 15 is 0 Å². The van der Waals surface area contributed by atoms with Crippen molar-refractivity contribution in [2.24, 2.45) is 0 Å². The van der Waals surface area contributed by atoms with Crippen LogP contribution in [0.2, 0.25) is 8.87 Å². The van der Waals surface area contributed by atoms with E-state index in [1.54, 1.807) is 0 Å². The molecule has 2 radical (unpaired) electrons. The van der Waals surface area contributed by atoms with Gasteiger partial charge in [-0.3, -0.25) is 0 Å². The molecule has 0 nitrogen and oxygen atoms in total. The molecule has 0 aromatic heterocycles. The first-order valence-electron chi connectivity index (χ1n) is 4.55. The molecule has 0 aliphatic rings. The summed E-state index contributed by atoms with van der Waals surface area (Å²) in [5.41, 5.74) is 0. The van der Waals surface area contributed by atoms with Crippen molar-refractivity contribution in [3.63, 3.8) is 0 Å². The molecule has 90 valence electrons. The first kappa shape index (κ1) is 15.4. The molecule has 0 spiro atoms. The van der Waals surface area contributed by atoms with Crippen LogP contribution < -0.4 is 0 Å². The van der Waals surface area contributed by atoms with E-state index in [-0.39, 0.29) is 12.8 Å². The van der Waals surface area contributed by atoms with Crippen molar-refractivity contribution in [3.8, 4) is 0 Å². The van der Waals surface area contributed by atoms with E-state index in [9.17, 15) is 26.3 Å². The van der Waals surface area contributed by atoms with Gasteiger partial charge >= 0.3 is 94.4 Å². The molecule has 0 atom stereocenters. The van der Waals surface area contributed by atoms with Gasteiger partial charge < -0.3 is 0 Å². The molecule has 7 heteroatoms. The Balaban J connectivity index is 3.20. The maximum atomic E-state index is 11.7. The van der Waals surface area contributed by atoms with Crippen molar-refractivity contribution < 1.29 is 26.3 Å². The van der Waals surface area contributed by atoms with Gasteiger partial charge in [0.05, 0.1) is 0 Å². The third-order valence-corrected chi connectivity index (χ3v) is 5.66. The molecular weight excluding hydrogens is 329 g/mol. The zero-order valence-electron chi connectivity index (χ0n) is 8.01. The Bertz CT molecular complexity index is 143. The summed E-state index contributed by atoms with van der Waals surface area (Å²) in [5, 5.41) is 0. The molecule has 0 aromatic carbocycles. The van der Waals surface area contributed by atoms with E-state index in [2.05, 4.69) is 0 Å². The average molecular weight is 341 g/mol. The van der Waals surface area contributed by atoms with Gasteiger partial charge in [0, 0.05) is 0 Å². The van der Waals surface area contributed by atoms with Gasteiger partial charge in [-0.15, -0.1) is 0 Å². The Morgan fingerprint density at radius 1 is 0.667 bits per heavy atom. The van der Waals surface area contributed by atoms with Gasteiger partial charge in [-0.1, -0.05) is 0 Å². The van der Waals surface area contributed by atoms with Crippen molar-refractivity contribution in [2.45, 2.75) is 46.9 Å². The number of rotatable bonds is 6. The van der Waals surface area contributed by atoms with E-state index in [1.807, 2.05) is 0 Å². The molecule has 0 N–H and O–H groups in total. The third kappa shape index (κ3) is 14.4. The van der Waals surface area contributed by atoms with Crippen molar-refractivity contribution in [1.82, 2.24) is 0 Å². The van der Waals surface area contributed by atoms with Crippen LogP contribution in [-0.4, -0.2) is 33.5 Å². The monoisotopic (exact) mass is 342 g/mol. The van der Waals surface area contributed by atoms with Gasteiger partial charge in [0.25, 0.3) is 0 Å². The first-order chi connectivity index (χ1) is 6.71. The summed E-state index contributed by atoms with van der Waals surface area (Å²) in [6, 6.07) is 0. The van der Waals surface area contributed by atoms with Gasteiger partial charge in [-0.2, -0.15) is 0 Å². The standard InChI is InChI=1S/2C4H6F3.Sn/c2*1-2-3-4(5,6)7;/h2*1-3H2;. The second-order valence-electron chi connectivity index (χ2n) is 3.19. The zero-order chi connectivity index (χ0) is 11.9. The van der Waals surface area contributed by atoms with Crippen LogP contribution in [0, 0.1) is 0 Å². The molecule has 0 rings (SSSR count). The van der Waals surface area contributed by atoms with Gasteiger partial charge in [0.15, 0.2) is 0 Å². The van der Waals surface area contributed by atoms with Gasteiger partial charge in [0.1, 0.15) is 0 Å². The summed E-state index contributed by atoms with van der Waals surface area (Å²) in [5.74, 6) is 0. The van der Waals surface area contributed by atoms with E-state index in [1.165, 1.54) is 0 Å². The Morgan fingerprint density at radius 3 is 1.27 bits per heavy atom. The maximum absolute atomic E-state index is 11.7. The summed E-state index contributed by atoms with van der Waals surface area (Å²) < 4.78 is 71.0. The Morgan fingerprint density at radius 2 is 1.00 bits per heavy atom. The second-order valence-corrected chi connectivity index (χ2v) is 7.47. The fourth-order valence-electron chi connectivity index (χ4n) is 0.953. The summed E-state index contributed by atoms with van der Waals surface area (Å²) in [6.45, 7) is 0. The van der Waals surface area contributed by atoms with E-state index in [4.69, 9.17) is 0 Å². The van der Waals surface area contributed by atoms with Crippen LogP contribution in [0.25, 0.3) is 0 Å². The van der Waals surface area contributed by atoms with Crippen molar-refractivity contribution in [2.75, 3.05) is 0 Å². The van der Waals surface area contributed by atoms with Gasteiger partial charge in [-0.05, 0) is 0 Å². The molecule has 0 bridgehead atoms. The predicted molar refractivity (Wildman–Crippen MR) is 45.9 cm³/mol. The molecule has 0 amide bonds. The van der Waals surface area contributed by atoms with Crippen molar-refractivity contribution >= 4 is 21.1 Å². The fourth-order valence-corrected chi connectivity index (χ4v) is 4.10. The zero-order valence-corrected chi connectivity index (χ0v) is 10.9. The number of hydrogen-bond donors (Lipinski definition) is 0. The van der Waals surface area contributed by atoms with Crippen LogP contribution in [0.15, 0.2) is 0 Å². The van der Waals surface area contributed by atoms with Crippen LogP contribution in [0.1, 0.15) is 25.7 Å². The van der Waals surface area contributed by atoms with Crippen LogP contribution in [-0.2, 0) is 0 Å². The number of halogens is 6. The molecule has 0 aliphatic carbocycles. The molecule has 0 unspecified atom stereocenters. The molecule has 0 saturated carbocycles. The number of hydrogen-bond acceptors (Lipinski definition) is 0. The Hall–Kier alpha value is 0.379. The molecular formula is C8H12F6Sn. The van der Waals surface area contributed by atoms with E-state index < -0.39 is 46.3 Å². The minimum atomic E-state index is -4.12. The SMILES string of the molecule is FC(F)(F)CC[CH2][Sn][CH2]CCC(F)(F)F. The molecule has 0 aromatic rings. The summed E-state index contributed by atoms with van der Waals surface area (Å²) >= 11 is -0.987. The molecule has 0 fully saturated rings. The Kier molecular flexibility index (Phi) is 7.03. The van der Waals surface area contributed by atoms with Crippen LogP contribution in [0.5, 0.6) is 0 Å². The molecule has 0 saturated heterocycles. The normalized spacial score (nSPS) is 13.2.